The van der Waals surface area contributed by atoms with Crippen LogP contribution in [-0.4, -0.2) is 15.0 Å². The van der Waals surface area contributed by atoms with Crippen molar-refractivity contribution in [1.29, 1.82) is 10.5 Å². The average molecular weight is 948 g/mol. The molecule has 0 unspecified atom stereocenters. The lowest BCUT2D eigenvalue weighted by molar-refractivity contribution is 1.07. The SMILES string of the molecule is N#Cc1ccc(N2c3ccccc3N(c3ccccc3)c3ccccc32)c(-c2nc(-c3ccccc3)nc(-c3cc(-c4ccccc4C#N)ccc3N3c4ccccc4N(c4ccccc4)c4ccccc43)n2)c1. The average Bonchev–Trinajstić information content (AvgIpc) is 3.48. The molecule has 0 radical (unpaired) electrons. The summed E-state index contributed by atoms with van der Waals surface area (Å²) in [7, 11) is 0. The van der Waals surface area contributed by atoms with Gasteiger partial charge < -0.3 is 19.6 Å². The second kappa shape index (κ2) is 18.3. The maximum absolute atomic E-state index is 10.6. The Kier molecular flexibility index (Phi) is 10.7. The molecule has 2 aliphatic rings. The van der Waals surface area contributed by atoms with Crippen LogP contribution in [0.4, 0.5) is 68.2 Å². The number of fused-ring (bicyclic) bond motifs is 4. The molecule has 9 heteroatoms. The van der Waals surface area contributed by atoms with Crippen molar-refractivity contribution in [3.05, 3.63) is 260 Å². The molecule has 11 aromatic rings. The summed E-state index contributed by atoms with van der Waals surface area (Å²) in [5.74, 6) is 1.24. The summed E-state index contributed by atoms with van der Waals surface area (Å²) >= 11 is 0. The van der Waals surface area contributed by atoms with Crippen molar-refractivity contribution in [3.8, 4) is 57.4 Å². The van der Waals surface area contributed by atoms with E-state index in [2.05, 4.69) is 196 Å². The molecular weight excluding hydrogens is 907 g/mol. The minimum Gasteiger partial charge on any atom is -0.306 e. The van der Waals surface area contributed by atoms with E-state index in [1.165, 1.54) is 0 Å². The highest BCUT2D eigenvalue weighted by Crippen LogP contribution is 2.57. The summed E-state index contributed by atoms with van der Waals surface area (Å²) < 4.78 is 0. The van der Waals surface area contributed by atoms with Gasteiger partial charge in [0.05, 0.1) is 80.1 Å². The van der Waals surface area contributed by atoms with Crippen LogP contribution in [0.2, 0.25) is 0 Å². The minimum absolute atomic E-state index is 0.380. The first kappa shape index (κ1) is 43.4. The van der Waals surface area contributed by atoms with E-state index in [0.29, 0.717) is 39.7 Å². The van der Waals surface area contributed by atoms with Gasteiger partial charge in [-0.2, -0.15) is 10.5 Å². The molecule has 13 rings (SSSR count). The van der Waals surface area contributed by atoms with Crippen molar-refractivity contribution < 1.29 is 0 Å². The standard InChI is InChI=1S/C65H41N9/c66-42-44-36-38-53(73-59-32-16-12-28-55(59)71(48-23-6-2-7-24-48)56-29-13-17-33-60(56)73)51(40-44)64-68-63(45-20-4-1-5-21-45)69-65(70-64)52-41-46(50-27-11-10-22-47(50)43-67)37-39-54(52)74-61-34-18-14-30-57(61)72(49-25-8-3-9-26-49)58-31-15-19-35-62(58)74/h1-41H. The summed E-state index contributed by atoms with van der Waals surface area (Å²) in [6, 6.07) is 88.8. The number of aromatic nitrogens is 3. The quantitative estimate of drug-likeness (QED) is 0.147. The van der Waals surface area contributed by atoms with Gasteiger partial charge >= 0.3 is 0 Å². The van der Waals surface area contributed by atoms with Crippen molar-refractivity contribution in [2.24, 2.45) is 0 Å². The zero-order valence-corrected chi connectivity index (χ0v) is 39.7. The Hall–Kier alpha value is -10.6. The Balaban J connectivity index is 1.08. The summed E-state index contributed by atoms with van der Waals surface area (Å²) in [5, 5.41) is 21.0. The van der Waals surface area contributed by atoms with Crippen LogP contribution in [0.25, 0.3) is 45.3 Å². The first-order valence-corrected chi connectivity index (χ1v) is 24.3. The lowest BCUT2D eigenvalue weighted by atomic mass is 9.96. The van der Waals surface area contributed by atoms with Gasteiger partial charge in [-0.25, -0.2) is 15.0 Å². The van der Waals surface area contributed by atoms with Crippen LogP contribution in [0.15, 0.2) is 249 Å². The molecule has 9 nitrogen and oxygen atoms in total. The minimum atomic E-state index is 0.380. The van der Waals surface area contributed by atoms with E-state index in [4.69, 9.17) is 15.0 Å². The number of hydrogen-bond donors (Lipinski definition) is 0. The zero-order chi connectivity index (χ0) is 49.5. The number of rotatable bonds is 8. The number of anilines is 12. The van der Waals surface area contributed by atoms with Crippen LogP contribution in [0.1, 0.15) is 11.1 Å². The molecule has 0 amide bonds. The number of nitriles is 2. The molecule has 3 heterocycles. The molecule has 0 aliphatic carbocycles. The summed E-state index contributed by atoms with van der Waals surface area (Å²) in [4.78, 5) is 25.4. The highest BCUT2D eigenvalue weighted by molar-refractivity contribution is 6.05. The van der Waals surface area contributed by atoms with E-state index < -0.39 is 0 Å². The van der Waals surface area contributed by atoms with Crippen molar-refractivity contribution in [3.63, 3.8) is 0 Å². The summed E-state index contributed by atoms with van der Waals surface area (Å²) in [5.41, 5.74) is 16.2. The van der Waals surface area contributed by atoms with Gasteiger partial charge in [-0.1, -0.05) is 140 Å². The second-order valence-corrected chi connectivity index (χ2v) is 17.9. The van der Waals surface area contributed by atoms with Gasteiger partial charge in [0.15, 0.2) is 17.5 Å². The van der Waals surface area contributed by atoms with Crippen LogP contribution in [0, 0.1) is 22.7 Å². The maximum atomic E-state index is 10.6. The fraction of sp³-hybridized carbons (Fsp3) is 0. The van der Waals surface area contributed by atoms with E-state index in [9.17, 15) is 10.5 Å². The van der Waals surface area contributed by atoms with E-state index >= 15 is 0 Å². The number of para-hydroxylation sites is 10. The predicted octanol–water partition coefficient (Wildman–Crippen LogP) is 16.8. The van der Waals surface area contributed by atoms with Crippen LogP contribution < -0.4 is 19.6 Å². The van der Waals surface area contributed by atoms with E-state index in [0.717, 1.165) is 84.9 Å². The van der Waals surface area contributed by atoms with Crippen LogP contribution in [0.5, 0.6) is 0 Å². The van der Waals surface area contributed by atoms with Gasteiger partial charge in [-0.15, -0.1) is 0 Å². The van der Waals surface area contributed by atoms with Gasteiger partial charge in [-0.3, -0.25) is 0 Å². The lowest BCUT2D eigenvalue weighted by Gasteiger charge is -2.41. The number of hydrogen-bond acceptors (Lipinski definition) is 9. The van der Waals surface area contributed by atoms with E-state index in [-0.39, 0.29) is 0 Å². The maximum Gasteiger partial charge on any atom is 0.166 e. The van der Waals surface area contributed by atoms with Gasteiger partial charge in [0.2, 0.25) is 0 Å². The molecule has 0 atom stereocenters. The normalized spacial score (nSPS) is 12.2. The number of benzene rings is 10. The lowest BCUT2D eigenvalue weighted by Crippen LogP contribution is -2.24. The van der Waals surface area contributed by atoms with Gasteiger partial charge in [0.1, 0.15) is 0 Å². The Morgan fingerprint density at radius 3 is 1.11 bits per heavy atom. The largest absolute Gasteiger partial charge is 0.306 e. The highest BCUT2D eigenvalue weighted by Gasteiger charge is 2.34. The molecule has 0 bridgehead atoms. The van der Waals surface area contributed by atoms with Crippen molar-refractivity contribution in [2.75, 3.05) is 19.6 Å². The third kappa shape index (κ3) is 7.36. The molecule has 74 heavy (non-hydrogen) atoms. The number of nitrogens with zero attached hydrogens (tertiary/aromatic N) is 9. The van der Waals surface area contributed by atoms with Gasteiger partial charge in [0, 0.05) is 28.1 Å². The second-order valence-electron chi connectivity index (χ2n) is 17.9. The van der Waals surface area contributed by atoms with Crippen LogP contribution in [-0.2, 0) is 0 Å². The Bertz CT molecular complexity index is 3940. The molecular formula is C65H41N9. The third-order valence-electron chi connectivity index (χ3n) is 13.6. The Labute approximate surface area is 428 Å². The molecule has 0 N–H and O–H groups in total. The fourth-order valence-electron chi connectivity index (χ4n) is 10.3. The van der Waals surface area contributed by atoms with E-state index in [1.807, 2.05) is 84.9 Å². The van der Waals surface area contributed by atoms with Gasteiger partial charge in [-0.05, 0) is 120 Å². The monoisotopic (exact) mass is 947 g/mol. The Morgan fingerprint density at radius 2 is 0.649 bits per heavy atom. The van der Waals surface area contributed by atoms with Crippen LogP contribution in [0.3, 0.4) is 0 Å². The predicted molar refractivity (Wildman–Crippen MR) is 297 cm³/mol. The molecule has 0 saturated heterocycles. The Morgan fingerprint density at radius 1 is 0.270 bits per heavy atom. The summed E-state index contributed by atoms with van der Waals surface area (Å²) in [6.45, 7) is 0. The fourth-order valence-corrected chi connectivity index (χ4v) is 10.3. The molecule has 10 aromatic carbocycles. The topological polar surface area (TPSA) is 99.2 Å². The molecule has 0 spiro atoms. The molecule has 2 aliphatic heterocycles. The third-order valence-corrected chi connectivity index (χ3v) is 13.6. The van der Waals surface area contributed by atoms with Crippen molar-refractivity contribution >= 4 is 68.2 Å². The zero-order valence-electron chi connectivity index (χ0n) is 39.7. The van der Waals surface area contributed by atoms with Gasteiger partial charge in [0.25, 0.3) is 0 Å². The summed E-state index contributed by atoms with van der Waals surface area (Å²) in [6.07, 6.45) is 0. The molecule has 346 valence electrons. The van der Waals surface area contributed by atoms with Crippen LogP contribution >= 0.6 is 0 Å². The molecule has 0 fully saturated rings. The van der Waals surface area contributed by atoms with Crippen molar-refractivity contribution in [1.82, 2.24) is 15.0 Å². The van der Waals surface area contributed by atoms with E-state index in [1.54, 1.807) is 0 Å². The highest BCUT2D eigenvalue weighted by atomic mass is 15.3. The van der Waals surface area contributed by atoms with Crippen molar-refractivity contribution in [2.45, 2.75) is 0 Å². The molecule has 0 saturated carbocycles. The molecule has 1 aromatic heterocycles. The first-order valence-electron chi connectivity index (χ1n) is 24.3. The first-order chi connectivity index (χ1) is 36.6. The smallest absolute Gasteiger partial charge is 0.166 e.